The topological polar surface area (TPSA) is 32.6 Å². The summed E-state index contributed by atoms with van der Waals surface area (Å²) in [4.78, 5) is 2.82. The van der Waals surface area contributed by atoms with Gasteiger partial charge in [-0.2, -0.15) is 4.80 Å². The van der Waals surface area contributed by atoms with Crippen molar-refractivity contribution in [2.45, 2.75) is 0 Å². The maximum Gasteiger partial charge on any atom is 0.190 e. The minimum atomic E-state index is -0.241. The summed E-state index contributed by atoms with van der Waals surface area (Å²) in [6.45, 7) is 3.33. The lowest BCUT2D eigenvalue weighted by molar-refractivity contribution is 0.325. The zero-order valence-corrected chi connectivity index (χ0v) is 3.91. The molecule has 0 aromatic carbocycles. The van der Waals surface area contributed by atoms with E-state index in [-0.39, 0.29) is 9.31 Å². The van der Waals surface area contributed by atoms with Gasteiger partial charge in [0.15, 0.2) is 9.31 Å². The van der Waals surface area contributed by atoms with E-state index in [4.69, 9.17) is 5.21 Å². The van der Waals surface area contributed by atoms with Crippen molar-refractivity contribution in [1.82, 2.24) is 0 Å². The standard InChI is InChI=1S/C2H5NOSi/c1-2-5-3-4/h2,4-5H,1H2/b5-3+. The van der Waals surface area contributed by atoms with Crippen LogP contribution in [0.3, 0.4) is 0 Å². The minimum absolute atomic E-state index is 0.241. The number of hydrogen-bond donors (Lipinski definition) is 1. The van der Waals surface area contributed by atoms with Crippen molar-refractivity contribution in [3.05, 3.63) is 12.3 Å². The smallest absolute Gasteiger partial charge is 0.190 e. The second-order valence-corrected chi connectivity index (χ2v) is 1.50. The van der Waals surface area contributed by atoms with Gasteiger partial charge in [-0.15, -0.1) is 6.58 Å². The quantitative estimate of drug-likeness (QED) is 0.358. The number of hydrogen-bond acceptors (Lipinski definition) is 2. The fourth-order valence-electron chi connectivity index (χ4n) is 0.0471. The van der Waals surface area contributed by atoms with E-state index in [1.807, 2.05) is 0 Å². The van der Waals surface area contributed by atoms with Crippen LogP contribution in [0, 0.1) is 0 Å². The molecular formula is C2H5NOSi. The molecule has 0 aromatic heterocycles. The first-order chi connectivity index (χ1) is 2.41. The van der Waals surface area contributed by atoms with E-state index in [1.165, 1.54) is 0 Å². The Morgan fingerprint density at radius 1 is 2.00 bits per heavy atom. The van der Waals surface area contributed by atoms with Crippen LogP contribution in [0.5, 0.6) is 0 Å². The van der Waals surface area contributed by atoms with Gasteiger partial charge in [0.1, 0.15) is 0 Å². The Hall–Kier alpha value is -0.443. The molecule has 0 fully saturated rings. The van der Waals surface area contributed by atoms with E-state index in [1.54, 1.807) is 5.70 Å². The summed E-state index contributed by atoms with van der Waals surface area (Å²) in [5.41, 5.74) is 1.60. The third-order valence-electron chi connectivity index (χ3n) is 0.172. The summed E-state index contributed by atoms with van der Waals surface area (Å²) in [7, 11) is -0.241. The molecule has 0 rings (SSSR count). The fraction of sp³-hybridized carbons (Fsp3) is 0. The average molecular weight is 87.2 g/mol. The Kier molecular flexibility index (Phi) is 3.24. The lowest BCUT2D eigenvalue weighted by atomic mass is 11.3. The molecule has 0 heterocycles. The van der Waals surface area contributed by atoms with Crippen LogP contribution in [0.1, 0.15) is 0 Å². The highest BCUT2D eigenvalue weighted by molar-refractivity contribution is 6.28. The van der Waals surface area contributed by atoms with Crippen LogP contribution < -0.4 is 0 Å². The predicted octanol–water partition coefficient (Wildman–Crippen LogP) is 0.139. The van der Waals surface area contributed by atoms with E-state index >= 15 is 0 Å². The number of rotatable bonds is 1. The zero-order valence-electron chi connectivity index (χ0n) is 2.76. The Morgan fingerprint density at radius 3 is 2.60 bits per heavy atom. The van der Waals surface area contributed by atoms with Gasteiger partial charge < -0.3 is 5.21 Å². The molecule has 28 valence electrons. The largest absolute Gasteiger partial charge is 0.421 e. The van der Waals surface area contributed by atoms with Crippen LogP contribution in [0.25, 0.3) is 0 Å². The molecule has 0 saturated carbocycles. The van der Waals surface area contributed by atoms with E-state index in [9.17, 15) is 0 Å². The van der Waals surface area contributed by atoms with Crippen molar-refractivity contribution in [1.29, 1.82) is 0 Å². The average Bonchev–Trinajstić information content (AvgIpc) is 1.41. The van der Waals surface area contributed by atoms with Crippen LogP contribution in [0.2, 0.25) is 0 Å². The summed E-state index contributed by atoms with van der Waals surface area (Å²) in [5, 5.41) is 7.66. The van der Waals surface area contributed by atoms with Crippen LogP contribution in [0.15, 0.2) is 17.1 Å². The van der Waals surface area contributed by atoms with Gasteiger partial charge in [-0.1, -0.05) is 5.70 Å². The highest BCUT2D eigenvalue weighted by Gasteiger charge is 1.47. The lowest BCUT2D eigenvalue weighted by Gasteiger charge is -1.57. The third-order valence-corrected chi connectivity index (χ3v) is 0.516. The van der Waals surface area contributed by atoms with Gasteiger partial charge in [0.05, 0.1) is 0 Å². The first-order valence-electron chi connectivity index (χ1n) is 1.20. The van der Waals surface area contributed by atoms with Crippen molar-refractivity contribution >= 4 is 9.31 Å². The van der Waals surface area contributed by atoms with Crippen molar-refractivity contribution in [2.24, 2.45) is 4.80 Å². The summed E-state index contributed by atoms with van der Waals surface area (Å²) < 4.78 is 0. The Bertz CT molecular complexity index is 51.6. The van der Waals surface area contributed by atoms with Crippen LogP contribution >= 0.6 is 0 Å². The maximum atomic E-state index is 7.66. The zero-order chi connectivity index (χ0) is 4.12. The molecule has 0 spiro atoms. The molecule has 0 atom stereocenters. The second-order valence-electron chi connectivity index (χ2n) is 0.500. The second kappa shape index (κ2) is 3.56. The van der Waals surface area contributed by atoms with Gasteiger partial charge in [0, 0.05) is 0 Å². The molecule has 0 bridgehead atoms. The first-order valence-corrected chi connectivity index (χ1v) is 2.38. The molecule has 3 heteroatoms. The van der Waals surface area contributed by atoms with Gasteiger partial charge in [0.2, 0.25) is 0 Å². The van der Waals surface area contributed by atoms with Crippen LogP contribution in [-0.4, -0.2) is 14.5 Å². The molecule has 0 unspecified atom stereocenters. The summed E-state index contributed by atoms with van der Waals surface area (Å²) >= 11 is 0. The SMILES string of the molecule is C=C/[SiH]=N/O. The Balaban J connectivity index is 2.92. The molecule has 0 saturated heterocycles. The third kappa shape index (κ3) is 3.56. The molecule has 0 aliphatic heterocycles. The highest BCUT2D eigenvalue weighted by atomic mass is 28.2. The molecule has 0 aromatic rings. The molecule has 0 aliphatic carbocycles. The minimum Gasteiger partial charge on any atom is -0.421 e. The van der Waals surface area contributed by atoms with Crippen LogP contribution in [-0.2, 0) is 0 Å². The van der Waals surface area contributed by atoms with E-state index in [0.29, 0.717) is 0 Å². The van der Waals surface area contributed by atoms with Crippen molar-refractivity contribution in [2.75, 3.05) is 0 Å². The first kappa shape index (κ1) is 4.56. The van der Waals surface area contributed by atoms with Gasteiger partial charge in [-0.3, -0.25) is 0 Å². The predicted molar refractivity (Wildman–Crippen MR) is 21.6 cm³/mol. The molecule has 0 radical (unpaired) electrons. The highest BCUT2D eigenvalue weighted by Crippen LogP contribution is 1.45. The molecule has 2 nitrogen and oxygen atoms in total. The summed E-state index contributed by atoms with van der Waals surface area (Å²) in [6, 6.07) is 0. The van der Waals surface area contributed by atoms with Crippen molar-refractivity contribution < 1.29 is 5.21 Å². The fourth-order valence-corrected chi connectivity index (χ4v) is 0.141. The van der Waals surface area contributed by atoms with E-state index in [0.717, 1.165) is 0 Å². The maximum absolute atomic E-state index is 7.66. The molecule has 0 amide bonds. The van der Waals surface area contributed by atoms with Gasteiger partial charge in [0.25, 0.3) is 0 Å². The Morgan fingerprint density at radius 2 is 2.60 bits per heavy atom. The van der Waals surface area contributed by atoms with Crippen molar-refractivity contribution in [3.63, 3.8) is 0 Å². The van der Waals surface area contributed by atoms with Gasteiger partial charge >= 0.3 is 0 Å². The summed E-state index contributed by atoms with van der Waals surface area (Å²) in [6.07, 6.45) is 0. The van der Waals surface area contributed by atoms with Crippen LogP contribution in [0.4, 0.5) is 0 Å². The van der Waals surface area contributed by atoms with Gasteiger partial charge in [-0.25, -0.2) is 0 Å². The monoisotopic (exact) mass is 87.0 g/mol. The van der Waals surface area contributed by atoms with E-state index in [2.05, 4.69) is 11.4 Å². The normalized spacial score (nSPS) is 8.80. The van der Waals surface area contributed by atoms with Gasteiger partial charge in [-0.05, 0) is 0 Å². The molecule has 0 aliphatic rings. The molecule has 5 heavy (non-hydrogen) atoms. The van der Waals surface area contributed by atoms with E-state index < -0.39 is 0 Å². The van der Waals surface area contributed by atoms with Crippen molar-refractivity contribution in [3.8, 4) is 0 Å². The molecule has 1 N–H and O–H groups in total. The Labute approximate surface area is 32.6 Å². The summed E-state index contributed by atoms with van der Waals surface area (Å²) in [5.74, 6) is 0. The number of nitrogens with zero attached hydrogens (tertiary/aromatic N) is 1. The lowest BCUT2D eigenvalue weighted by Crippen LogP contribution is -1.58. The molecular weight excluding hydrogens is 82.1 g/mol.